The van der Waals surface area contributed by atoms with Gasteiger partial charge in [0.15, 0.2) is 0 Å². The zero-order valence-corrected chi connectivity index (χ0v) is 26.2. The lowest BCUT2D eigenvalue weighted by atomic mass is 9.80. The molecule has 0 atom stereocenters. The monoisotopic (exact) mass is 547 g/mol. The molecule has 0 aromatic rings. The predicted molar refractivity (Wildman–Crippen MR) is 145 cm³/mol. The van der Waals surface area contributed by atoms with Gasteiger partial charge in [-0.15, -0.1) is 0 Å². The molecule has 0 spiro atoms. The van der Waals surface area contributed by atoms with Gasteiger partial charge in [0.2, 0.25) is 0 Å². The van der Waals surface area contributed by atoms with Crippen LogP contribution in [-0.4, -0.2) is 82.4 Å². The molecule has 0 radical (unpaired) electrons. The van der Waals surface area contributed by atoms with Gasteiger partial charge in [-0.05, 0) is 122 Å². The fourth-order valence-electron chi connectivity index (χ4n) is 7.20. The van der Waals surface area contributed by atoms with Gasteiger partial charge < -0.3 is 29.2 Å². The van der Waals surface area contributed by atoms with Crippen molar-refractivity contribution in [2.24, 2.45) is 0 Å². The van der Waals surface area contributed by atoms with E-state index in [9.17, 15) is 15.6 Å². The first-order valence-electron chi connectivity index (χ1n) is 13.8. The number of rotatable bonds is 6. The van der Waals surface area contributed by atoms with Gasteiger partial charge in [-0.3, -0.25) is 0 Å². The van der Waals surface area contributed by atoms with Crippen LogP contribution in [0.2, 0.25) is 0 Å². The SMILES string of the molecule is CC1(C)CC(OP(OC2CC(C)(C)N(O)C(C)(C)C2)OC2CC(C)(C)N(O)C(C)(C)C2)CC(C)(C)N1O. The zero-order valence-electron chi connectivity index (χ0n) is 25.3. The number of hydrogen-bond acceptors (Lipinski definition) is 9. The van der Waals surface area contributed by atoms with Gasteiger partial charge in [-0.1, -0.05) is 0 Å². The summed E-state index contributed by atoms with van der Waals surface area (Å²) in [6, 6.07) is 0. The van der Waals surface area contributed by atoms with E-state index in [2.05, 4.69) is 0 Å². The second-order valence-corrected chi connectivity index (χ2v) is 16.5. The van der Waals surface area contributed by atoms with Crippen molar-refractivity contribution >= 4 is 8.60 Å². The minimum Gasteiger partial charge on any atom is -0.313 e. The summed E-state index contributed by atoms with van der Waals surface area (Å²) in [5.74, 6) is 0. The molecular weight excluding hydrogens is 493 g/mol. The summed E-state index contributed by atoms with van der Waals surface area (Å²) in [4.78, 5) is 0. The molecule has 3 aliphatic heterocycles. The summed E-state index contributed by atoms with van der Waals surface area (Å²) in [6.45, 7) is 24.3. The van der Waals surface area contributed by atoms with E-state index in [1.54, 1.807) is 0 Å². The lowest BCUT2D eigenvalue weighted by molar-refractivity contribution is -0.262. The van der Waals surface area contributed by atoms with Crippen LogP contribution in [0.1, 0.15) is 122 Å². The minimum atomic E-state index is -1.72. The van der Waals surface area contributed by atoms with Crippen molar-refractivity contribution in [2.45, 2.75) is 173 Å². The van der Waals surface area contributed by atoms with Crippen LogP contribution >= 0.6 is 8.60 Å². The average Bonchev–Trinajstić information content (AvgIpc) is 2.67. The molecule has 0 aromatic heterocycles. The summed E-state index contributed by atoms with van der Waals surface area (Å²) in [5.41, 5.74) is -2.72. The highest BCUT2D eigenvalue weighted by atomic mass is 31.2. The van der Waals surface area contributed by atoms with Crippen molar-refractivity contribution < 1.29 is 29.2 Å². The topological polar surface area (TPSA) is 98.1 Å². The molecule has 0 unspecified atom stereocenters. The number of nitrogens with zero attached hydrogens (tertiary/aromatic N) is 3. The quantitative estimate of drug-likeness (QED) is 0.322. The van der Waals surface area contributed by atoms with Crippen LogP contribution in [0, 0.1) is 0 Å². The Balaban J connectivity index is 1.84. The lowest BCUT2D eigenvalue weighted by Gasteiger charge is -2.53. The Morgan fingerprint density at radius 2 is 0.595 bits per heavy atom. The summed E-state index contributed by atoms with van der Waals surface area (Å²) < 4.78 is 20.0. The maximum Gasteiger partial charge on any atom is 0.333 e. The third kappa shape index (κ3) is 6.87. The molecule has 3 saturated heterocycles. The van der Waals surface area contributed by atoms with Crippen molar-refractivity contribution in [3.8, 4) is 0 Å². The smallest absolute Gasteiger partial charge is 0.313 e. The Morgan fingerprint density at radius 3 is 0.757 bits per heavy atom. The Morgan fingerprint density at radius 1 is 0.432 bits per heavy atom. The van der Waals surface area contributed by atoms with Crippen LogP contribution in [0.4, 0.5) is 0 Å². The molecule has 10 heteroatoms. The molecule has 218 valence electrons. The van der Waals surface area contributed by atoms with E-state index >= 15 is 0 Å². The predicted octanol–water partition coefficient (Wildman–Crippen LogP) is 6.50. The maximum atomic E-state index is 10.8. The van der Waals surface area contributed by atoms with E-state index < -0.39 is 41.8 Å². The van der Waals surface area contributed by atoms with Crippen LogP contribution in [0.25, 0.3) is 0 Å². The van der Waals surface area contributed by atoms with Gasteiger partial charge >= 0.3 is 8.60 Å². The zero-order chi connectivity index (χ0) is 28.4. The summed E-state index contributed by atoms with van der Waals surface area (Å²) in [6.07, 6.45) is 3.47. The Labute approximate surface area is 226 Å². The van der Waals surface area contributed by atoms with Crippen molar-refractivity contribution in [2.75, 3.05) is 0 Å². The molecule has 3 rings (SSSR count). The molecule has 0 aromatic carbocycles. The van der Waals surface area contributed by atoms with Gasteiger partial charge in [0, 0.05) is 33.2 Å². The first kappa shape index (κ1) is 31.6. The Hall–Kier alpha value is 0.0700. The highest BCUT2D eigenvalue weighted by Gasteiger charge is 2.51. The first-order chi connectivity index (χ1) is 16.5. The maximum absolute atomic E-state index is 10.8. The van der Waals surface area contributed by atoms with Gasteiger partial charge in [0.1, 0.15) is 0 Å². The van der Waals surface area contributed by atoms with E-state index in [4.69, 9.17) is 13.6 Å². The molecule has 3 fully saturated rings. The van der Waals surface area contributed by atoms with Crippen molar-refractivity contribution in [1.82, 2.24) is 15.2 Å². The minimum absolute atomic E-state index is 0.141. The fourth-order valence-corrected chi connectivity index (χ4v) is 8.53. The largest absolute Gasteiger partial charge is 0.333 e. The lowest BCUT2D eigenvalue weighted by Crippen LogP contribution is -2.61. The fraction of sp³-hybridized carbons (Fsp3) is 1.00. The van der Waals surface area contributed by atoms with E-state index in [0.29, 0.717) is 38.5 Å². The molecule has 3 N–H and O–H groups in total. The summed E-state index contributed by atoms with van der Waals surface area (Å²) in [5, 5.41) is 36.7. The van der Waals surface area contributed by atoms with Gasteiger partial charge in [-0.25, -0.2) is 0 Å². The van der Waals surface area contributed by atoms with Crippen molar-refractivity contribution in [1.29, 1.82) is 0 Å². The van der Waals surface area contributed by atoms with E-state index in [1.807, 2.05) is 83.1 Å². The number of hydroxylamine groups is 6. The molecular formula is C27H54N3O6P. The van der Waals surface area contributed by atoms with Crippen molar-refractivity contribution in [3.05, 3.63) is 0 Å². The Kier molecular flexibility index (Phi) is 8.68. The van der Waals surface area contributed by atoms with Crippen LogP contribution in [0.3, 0.4) is 0 Å². The molecule has 3 aliphatic rings. The molecule has 0 amide bonds. The molecule has 0 bridgehead atoms. The standard InChI is InChI=1S/C27H54N3O6P/c1-22(2)13-19(14-23(3,4)28(22)31)34-37(35-20-15-24(5,6)29(32)25(7,8)16-20)36-21-17-26(9,10)30(33)27(11,12)18-21/h19-21,31-33H,13-18H2,1-12H3. The third-order valence-electron chi connectivity index (χ3n) is 8.51. The van der Waals surface area contributed by atoms with Crippen LogP contribution < -0.4 is 0 Å². The van der Waals surface area contributed by atoms with Crippen molar-refractivity contribution in [3.63, 3.8) is 0 Å². The average molecular weight is 548 g/mol. The van der Waals surface area contributed by atoms with Gasteiger partial charge in [-0.2, -0.15) is 15.2 Å². The highest BCUT2D eigenvalue weighted by molar-refractivity contribution is 7.41. The van der Waals surface area contributed by atoms with Crippen LogP contribution in [-0.2, 0) is 13.6 Å². The second-order valence-electron chi connectivity index (χ2n) is 15.4. The highest BCUT2D eigenvalue weighted by Crippen LogP contribution is 2.53. The van der Waals surface area contributed by atoms with Crippen LogP contribution in [0.5, 0.6) is 0 Å². The second kappa shape index (κ2) is 10.2. The first-order valence-corrected chi connectivity index (χ1v) is 14.9. The van der Waals surface area contributed by atoms with E-state index in [0.717, 1.165) is 0 Å². The molecule has 3 heterocycles. The normalized spacial score (nSPS) is 31.1. The van der Waals surface area contributed by atoms with E-state index in [-0.39, 0.29) is 18.3 Å². The van der Waals surface area contributed by atoms with Crippen LogP contribution in [0.15, 0.2) is 0 Å². The Bertz CT molecular complexity index is 659. The molecule has 0 aliphatic carbocycles. The number of piperidine rings is 3. The number of hydrogen-bond donors (Lipinski definition) is 3. The molecule has 9 nitrogen and oxygen atoms in total. The summed E-state index contributed by atoms with van der Waals surface area (Å²) in [7, 11) is -1.72. The van der Waals surface area contributed by atoms with E-state index in [1.165, 1.54) is 15.2 Å². The van der Waals surface area contributed by atoms with Gasteiger partial charge in [0.05, 0.1) is 18.3 Å². The summed E-state index contributed by atoms with van der Waals surface area (Å²) >= 11 is 0. The molecule has 0 saturated carbocycles. The third-order valence-corrected chi connectivity index (χ3v) is 9.92. The van der Waals surface area contributed by atoms with Gasteiger partial charge in [0.25, 0.3) is 0 Å². The molecule has 37 heavy (non-hydrogen) atoms.